The molecule has 0 spiro atoms. The third-order valence-corrected chi connectivity index (χ3v) is 8.47. The standard InChI is InChI=1S/C20H17Ge.C3H9Ge/c1-4-10-18(11-5-1)16-17-21(19-12-6-2-7-13-19)20-14-8-3-9-15-20;1-4(2)3/h1-17H;1-3H3/b17-16+;. The monoisotopic (exact) mass is 450 g/mol. The molecule has 25 heavy (non-hydrogen) atoms. The molecule has 126 valence electrons. The van der Waals surface area contributed by atoms with E-state index in [0.717, 1.165) is 0 Å². The summed E-state index contributed by atoms with van der Waals surface area (Å²) in [6.45, 7) is 0. The van der Waals surface area contributed by atoms with Gasteiger partial charge in [-0.25, -0.2) is 0 Å². The average molecular weight is 448 g/mol. The van der Waals surface area contributed by atoms with Crippen LogP contribution in [0.15, 0.2) is 95.9 Å². The molecular weight excluding hydrogens is 421 g/mol. The van der Waals surface area contributed by atoms with Gasteiger partial charge in [0.15, 0.2) is 0 Å². The molecule has 0 aliphatic carbocycles. The molecule has 3 rings (SSSR count). The quantitative estimate of drug-likeness (QED) is 0.498. The van der Waals surface area contributed by atoms with Gasteiger partial charge in [-0.2, -0.15) is 0 Å². The Morgan fingerprint density at radius 1 is 0.560 bits per heavy atom. The van der Waals surface area contributed by atoms with Crippen LogP contribution in [0.4, 0.5) is 0 Å². The van der Waals surface area contributed by atoms with Gasteiger partial charge < -0.3 is 0 Å². The molecule has 0 aliphatic heterocycles. The van der Waals surface area contributed by atoms with Crippen LogP contribution < -0.4 is 8.79 Å². The first-order valence-electron chi connectivity index (χ1n) is 8.64. The SMILES string of the molecule is C(=[CH]\[Ge]([c]1ccccc1)[c]1ccccc1)/c1ccccc1.[CH3][Ge]([CH3])[CH3]. The van der Waals surface area contributed by atoms with Crippen molar-refractivity contribution in [3.63, 3.8) is 0 Å². The summed E-state index contributed by atoms with van der Waals surface area (Å²) in [6, 6.07) is 32.3. The second kappa shape index (κ2) is 11.2. The fourth-order valence-corrected chi connectivity index (χ4v) is 6.91. The molecule has 0 atom stereocenters. The molecule has 0 heterocycles. The van der Waals surface area contributed by atoms with Crippen molar-refractivity contribution in [1.82, 2.24) is 0 Å². The Morgan fingerprint density at radius 3 is 1.32 bits per heavy atom. The first-order valence-corrected chi connectivity index (χ1v) is 18.2. The molecular formula is C23H26Ge2. The van der Waals surface area contributed by atoms with Crippen LogP contribution in [0, 0.1) is 0 Å². The number of rotatable bonds is 4. The third-order valence-electron chi connectivity index (χ3n) is 3.41. The van der Waals surface area contributed by atoms with Crippen LogP contribution in [0.2, 0.25) is 17.3 Å². The van der Waals surface area contributed by atoms with Gasteiger partial charge in [-0.3, -0.25) is 0 Å². The Labute approximate surface area is 161 Å². The summed E-state index contributed by atoms with van der Waals surface area (Å²) < 4.78 is 2.96. The summed E-state index contributed by atoms with van der Waals surface area (Å²) in [4.78, 5) is 2.44. The van der Waals surface area contributed by atoms with Crippen LogP contribution in [-0.4, -0.2) is 28.7 Å². The summed E-state index contributed by atoms with van der Waals surface area (Å²) >= 11 is -1.95. The van der Waals surface area contributed by atoms with Crippen molar-refractivity contribution < 1.29 is 0 Å². The Morgan fingerprint density at radius 2 is 0.920 bits per heavy atom. The van der Waals surface area contributed by atoms with Gasteiger partial charge in [-0.15, -0.1) is 0 Å². The molecule has 3 aromatic carbocycles. The van der Waals surface area contributed by atoms with Crippen LogP contribution in [0.25, 0.3) is 6.08 Å². The summed E-state index contributed by atoms with van der Waals surface area (Å²) in [6.07, 6.45) is 2.27. The molecule has 0 saturated carbocycles. The first-order chi connectivity index (χ1) is 12.2. The van der Waals surface area contributed by atoms with E-state index in [9.17, 15) is 0 Å². The zero-order valence-electron chi connectivity index (χ0n) is 15.3. The van der Waals surface area contributed by atoms with Crippen molar-refractivity contribution in [2.75, 3.05) is 0 Å². The summed E-state index contributed by atoms with van der Waals surface area (Å²) in [5, 5.41) is 0. The van der Waals surface area contributed by atoms with E-state index in [1.807, 2.05) is 0 Å². The van der Waals surface area contributed by atoms with Crippen LogP contribution in [0.1, 0.15) is 5.56 Å². The fourth-order valence-electron chi connectivity index (χ4n) is 2.34. The second-order valence-corrected chi connectivity index (χ2v) is 17.5. The maximum atomic E-state index is 2.44. The number of hydrogen-bond donors (Lipinski definition) is 0. The molecule has 0 unspecified atom stereocenters. The molecule has 2 heteroatoms. The van der Waals surface area contributed by atoms with Crippen molar-refractivity contribution >= 4 is 43.6 Å². The van der Waals surface area contributed by atoms with E-state index in [4.69, 9.17) is 0 Å². The maximum absolute atomic E-state index is 2.44. The van der Waals surface area contributed by atoms with Gasteiger partial charge in [0.1, 0.15) is 0 Å². The molecule has 3 aromatic rings. The van der Waals surface area contributed by atoms with Gasteiger partial charge in [-0.1, -0.05) is 0 Å². The first kappa shape index (κ1) is 19.8. The Kier molecular flexibility index (Phi) is 8.85. The third kappa shape index (κ3) is 7.49. The van der Waals surface area contributed by atoms with E-state index < -0.39 is 14.3 Å². The van der Waals surface area contributed by atoms with E-state index in [2.05, 4.69) is 119 Å². The molecule has 0 fully saturated rings. The summed E-state index contributed by atoms with van der Waals surface area (Å²) in [5.74, 6) is 7.00. The molecule has 0 bridgehead atoms. The molecule has 0 nitrogen and oxygen atoms in total. The van der Waals surface area contributed by atoms with Gasteiger partial charge in [0, 0.05) is 0 Å². The topological polar surface area (TPSA) is 0 Å². The molecule has 0 N–H and O–H groups in total. The van der Waals surface area contributed by atoms with Crippen LogP contribution in [0.3, 0.4) is 0 Å². The Balaban J connectivity index is 0.000000511. The van der Waals surface area contributed by atoms with Gasteiger partial charge in [-0.05, 0) is 0 Å². The minimum absolute atomic E-state index is 0.333. The van der Waals surface area contributed by atoms with Gasteiger partial charge in [0.25, 0.3) is 0 Å². The summed E-state index contributed by atoms with van der Waals surface area (Å²) in [7, 11) is 0. The molecule has 0 aromatic heterocycles. The van der Waals surface area contributed by atoms with E-state index in [1.54, 1.807) is 0 Å². The Hall–Kier alpha value is -1.51. The average Bonchev–Trinajstić information content (AvgIpc) is 2.64. The molecule has 0 saturated heterocycles. The molecule has 0 amide bonds. The van der Waals surface area contributed by atoms with Crippen molar-refractivity contribution in [2.45, 2.75) is 17.3 Å². The van der Waals surface area contributed by atoms with Crippen LogP contribution >= 0.6 is 0 Å². The van der Waals surface area contributed by atoms with Gasteiger partial charge in [0.05, 0.1) is 0 Å². The second-order valence-electron chi connectivity index (χ2n) is 6.39. The van der Waals surface area contributed by atoms with E-state index >= 15 is 0 Å². The minimum atomic E-state index is -1.62. The van der Waals surface area contributed by atoms with Crippen molar-refractivity contribution in [2.24, 2.45) is 0 Å². The van der Waals surface area contributed by atoms with E-state index in [-0.39, 0.29) is 14.3 Å². The van der Waals surface area contributed by atoms with Crippen molar-refractivity contribution in [1.29, 1.82) is 0 Å². The van der Waals surface area contributed by atoms with Gasteiger partial charge in [0.2, 0.25) is 0 Å². The molecule has 0 aliphatic rings. The predicted octanol–water partition coefficient (Wildman–Crippen LogP) is 4.92. The van der Waals surface area contributed by atoms with Crippen LogP contribution in [0.5, 0.6) is 0 Å². The zero-order chi connectivity index (χ0) is 17.9. The van der Waals surface area contributed by atoms with Crippen molar-refractivity contribution in [3.8, 4) is 0 Å². The van der Waals surface area contributed by atoms with E-state index in [0.29, 0.717) is 0 Å². The van der Waals surface area contributed by atoms with Crippen LogP contribution in [-0.2, 0) is 0 Å². The number of hydrogen-bond acceptors (Lipinski definition) is 0. The summed E-state index contributed by atoms with van der Waals surface area (Å²) in [5.41, 5.74) is 1.27. The fraction of sp³-hybridized carbons (Fsp3) is 0.130. The number of benzene rings is 3. The van der Waals surface area contributed by atoms with E-state index in [1.165, 1.54) is 14.4 Å². The Bertz CT molecular complexity index is 693. The zero-order valence-corrected chi connectivity index (χ0v) is 19.5. The van der Waals surface area contributed by atoms with Gasteiger partial charge >= 0.3 is 162 Å². The predicted molar refractivity (Wildman–Crippen MR) is 117 cm³/mol. The van der Waals surface area contributed by atoms with Crippen molar-refractivity contribution in [3.05, 3.63) is 101 Å². The molecule has 2 radical (unpaired) electrons. The normalized spacial score (nSPS) is 10.8.